The lowest BCUT2D eigenvalue weighted by atomic mass is 9.95. The highest BCUT2D eigenvalue weighted by atomic mass is 16.9. The molecule has 6 aromatic carbocycles. The number of benzene rings is 6. The van der Waals surface area contributed by atoms with Crippen LogP contribution in [0.4, 0.5) is 0 Å². The highest BCUT2D eigenvalue weighted by Gasteiger charge is 2.38. The van der Waals surface area contributed by atoms with Crippen LogP contribution < -0.4 is 9.47 Å². The quantitative estimate of drug-likeness (QED) is 0.109. The van der Waals surface area contributed by atoms with Gasteiger partial charge in [-0.1, -0.05) is 152 Å². The second-order valence-corrected chi connectivity index (χ2v) is 12.1. The third kappa shape index (κ3) is 9.05. The van der Waals surface area contributed by atoms with Gasteiger partial charge < -0.3 is 28.4 Å². The van der Waals surface area contributed by atoms with E-state index in [0.717, 1.165) is 38.9 Å². The van der Waals surface area contributed by atoms with Crippen molar-refractivity contribution in [2.75, 3.05) is 0 Å². The topological polar surface area (TPSA) is 55.4 Å². The van der Waals surface area contributed by atoms with E-state index < -0.39 is 18.9 Å². The van der Waals surface area contributed by atoms with E-state index >= 15 is 0 Å². The maximum Gasteiger partial charge on any atom is 0.212 e. The van der Waals surface area contributed by atoms with Crippen LogP contribution in [-0.2, 0) is 51.8 Å². The van der Waals surface area contributed by atoms with E-state index in [1.807, 2.05) is 121 Å². The van der Waals surface area contributed by atoms with Crippen LogP contribution in [0, 0.1) is 0 Å². The molecule has 252 valence electrons. The summed E-state index contributed by atoms with van der Waals surface area (Å²) < 4.78 is 38.4. The Labute approximate surface area is 293 Å². The molecule has 6 heteroatoms. The van der Waals surface area contributed by atoms with Gasteiger partial charge in [-0.3, -0.25) is 0 Å². The summed E-state index contributed by atoms with van der Waals surface area (Å²) in [5.74, 6) is 1.41. The lowest BCUT2D eigenvalue weighted by molar-refractivity contribution is -0.200. The zero-order chi connectivity index (χ0) is 33.8. The van der Waals surface area contributed by atoms with Gasteiger partial charge in [-0.2, -0.15) is 0 Å². The molecule has 0 unspecified atom stereocenters. The van der Waals surface area contributed by atoms with Gasteiger partial charge >= 0.3 is 0 Å². The molecule has 7 rings (SSSR count). The Kier molecular flexibility index (Phi) is 11.3. The summed E-state index contributed by atoms with van der Waals surface area (Å²) in [7, 11) is 0. The maximum atomic E-state index is 6.58. The van der Waals surface area contributed by atoms with Crippen molar-refractivity contribution in [3.05, 3.63) is 192 Å². The summed E-state index contributed by atoms with van der Waals surface area (Å²) in [4.78, 5) is 0. The molecular formula is C44H40O6. The Bertz CT molecular complexity index is 1830. The summed E-state index contributed by atoms with van der Waals surface area (Å²) >= 11 is 0. The second kappa shape index (κ2) is 16.9. The molecule has 0 aromatic heterocycles. The third-order valence-electron chi connectivity index (χ3n) is 8.40. The molecule has 1 aliphatic rings. The van der Waals surface area contributed by atoms with Crippen molar-refractivity contribution in [1.82, 2.24) is 0 Å². The summed E-state index contributed by atoms with van der Waals surface area (Å²) in [5.41, 5.74) is 7.16. The highest BCUT2D eigenvalue weighted by Crippen LogP contribution is 2.40. The molecule has 0 spiro atoms. The molecular weight excluding hydrogens is 624 g/mol. The Morgan fingerprint density at radius 2 is 0.860 bits per heavy atom. The van der Waals surface area contributed by atoms with Crippen molar-refractivity contribution in [2.45, 2.75) is 51.7 Å². The van der Waals surface area contributed by atoms with E-state index in [1.54, 1.807) is 0 Å². The van der Waals surface area contributed by atoms with Crippen molar-refractivity contribution in [1.29, 1.82) is 0 Å². The fraction of sp³-hybridized carbons (Fsp3) is 0.182. The molecule has 6 nitrogen and oxygen atoms in total. The summed E-state index contributed by atoms with van der Waals surface area (Å²) in [5, 5.41) is 0. The monoisotopic (exact) mass is 664 g/mol. The smallest absolute Gasteiger partial charge is 0.212 e. The zero-order valence-electron chi connectivity index (χ0n) is 27.8. The van der Waals surface area contributed by atoms with Crippen LogP contribution in [-0.4, -0.2) is 18.9 Å². The fourth-order valence-electron chi connectivity index (χ4n) is 5.89. The van der Waals surface area contributed by atoms with E-state index in [9.17, 15) is 0 Å². The van der Waals surface area contributed by atoms with Crippen LogP contribution >= 0.6 is 0 Å². The maximum absolute atomic E-state index is 6.58. The first-order chi connectivity index (χ1) is 24.8. The average molecular weight is 665 g/mol. The standard InChI is InChI=1S/C44H40O6/c1-6-16-33(17-7-1)29-45-39-26-38(42(37-24-14-5-15-25-37)40(28-39)46-30-34-18-8-2-9-19-34)27-41-49-43(47-31-35-20-10-3-11-21-35)44(50-41)48-32-36-22-12-4-13-23-36/h1-26,28,41,43-44H,27,29-32H2/t43-,44-/m0/s1. The van der Waals surface area contributed by atoms with Crippen LogP contribution in [0.25, 0.3) is 11.1 Å². The van der Waals surface area contributed by atoms with Gasteiger partial charge in [-0.15, -0.1) is 0 Å². The number of hydrogen-bond acceptors (Lipinski definition) is 6. The molecule has 0 saturated carbocycles. The summed E-state index contributed by atoms with van der Waals surface area (Å²) in [6.07, 6.45) is -1.69. The first-order valence-corrected chi connectivity index (χ1v) is 16.9. The molecule has 0 amide bonds. The molecule has 0 aliphatic carbocycles. The van der Waals surface area contributed by atoms with Crippen LogP contribution in [0.1, 0.15) is 27.8 Å². The highest BCUT2D eigenvalue weighted by molar-refractivity contribution is 5.75. The molecule has 0 radical (unpaired) electrons. The second-order valence-electron chi connectivity index (χ2n) is 12.1. The van der Waals surface area contributed by atoms with Crippen molar-refractivity contribution in [3.63, 3.8) is 0 Å². The van der Waals surface area contributed by atoms with E-state index in [4.69, 9.17) is 28.4 Å². The number of hydrogen-bond donors (Lipinski definition) is 0. The Balaban J connectivity index is 1.18. The van der Waals surface area contributed by atoms with Crippen molar-refractivity contribution in [3.8, 4) is 22.6 Å². The number of ether oxygens (including phenoxy) is 6. The van der Waals surface area contributed by atoms with E-state index in [2.05, 4.69) is 42.5 Å². The van der Waals surface area contributed by atoms with E-state index in [1.165, 1.54) is 0 Å². The summed E-state index contributed by atoms with van der Waals surface area (Å²) in [6.45, 7) is 1.55. The lowest BCUT2D eigenvalue weighted by Gasteiger charge is -2.20. The SMILES string of the molecule is c1ccc(COc2cc(CC3O[C@H](OCc4ccccc4)[C@@H](OCc4ccccc4)O3)c(-c3ccccc3)c(OCc3ccccc3)c2)cc1. The minimum atomic E-state index is -0.726. The Morgan fingerprint density at radius 1 is 0.440 bits per heavy atom. The van der Waals surface area contributed by atoms with Crippen molar-refractivity contribution in [2.24, 2.45) is 0 Å². The zero-order valence-corrected chi connectivity index (χ0v) is 27.8. The molecule has 0 bridgehead atoms. The van der Waals surface area contributed by atoms with Crippen LogP contribution in [0.15, 0.2) is 164 Å². The minimum Gasteiger partial charge on any atom is -0.489 e. The van der Waals surface area contributed by atoms with Gasteiger partial charge in [0.2, 0.25) is 12.6 Å². The molecule has 50 heavy (non-hydrogen) atoms. The average Bonchev–Trinajstić information content (AvgIpc) is 3.57. The largest absolute Gasteiger partial charge is 0.489 e. The van der Waals surface area contributed by atoms with Crippen molar-refractivity contribution >= 4 is 0 Å². The van der Waals surface area contributed by atoms with Gasteiger partial charge in [-0.25, -0.2) is 0 Å². The van der Waals surface area contributed by atoms with Gasteiger partial charge in [0, 0.05) is 18.1 Å². The van der Waals surface area contributed by atoms with E-state index in [0.29, 0.717) is 44.3 Å². The van der Waals surface area contributed by atoms with Gasteiger partial charge in [-0.05, 0) is 39.4 Å². The van der Waals surface area contributed by atoms with Crippen LogP contribution in [0.3, 0.4) is 0 Å². The van der Waals surface area contributed by atoms with Gasteiger partial charge in [0.25, 0.3) is 0 Å². The van der Waals surface area contributed by atoms with Crippen molar-refractivity contribution < 1.29 is 28.4 Å². The third-order valence-corrected chi connectivity index (χ3v) is 8.40. The fourth-order valence-corrected chi connectivity index (χ4v) is 5.89. The number of rotatable bonds is 15. The molecule has 0 N–H and O–H groups in total. The predicted molar refractivity (Wildman–Crippen MR) is 193 cm³/mol. The molecule has 1 saturated heterocycles. The predicted octanol–water partition coefficient (Wildman–Crippen LogP) is 9.51. The van der Waals surface area contributed by atoms with E-state index in [-0.39, 0.29) is 0 Å². The van der Waals surface area contributed by atoms with Gasteiger partial charge in [0.15, 0.2) is 6.29 Å². The normalized spacial score (nSPS) is 15.9. The van der Waals surface area contributed by atoms with Gasteiger partial charge in [0.1, 0.15) is 24.7 Å². The molecule has 1 fully saturated rings. The first-order valence-electron chi connectivity index (χ1n) is 16.9. The Morgan fingerprint density at radius 3 is 1.34 bits per heavy atom. The minimum absolute atomic E-state index is 0.363. The first kappa shape index (κ1) is 33.3. The van der Waals surface area contributed by atoms with Crippen LogP contribution in [0.2, 0.25) is 0 Å². The Hall–Kier alpha value is -5.24. The van der Waals surface area contributed by atoms with Crippen LogP contribution in [0.5, 0.6) is 11.5 Å². The molecule has 1 aliphatic heterocycles. The van der Waals surface area contributed by atoms with Gasteiger partial charge in [0.05, 0.1) is 13.2 Å². The lowest BCUT2D eigenvalue weighted by Crippen LogP contribution is -2.28. The molecule has 2 atom stereocenters. The molecule has 1 heterocycles. The molecule has 6 aromatic rings. The summed E-state index contributed by atoms with van der Waals surface area (Å²) in [6, 6.07) is 54.6.